The minimum absolute atomic E-state index is 0.179. The molecule has 0 radical (unpaired) electrons. The van der Waals surface area contributed by atoms with Crippen LogP contribution in [-0.4, -0.2) is 41.0 Å². The number of ether oxygens (including phenoxy) is 2. The minimum atomic E-state index is -4.77. The molecule has 0 amide bonds. The fourth-order valence-electron chi connectivity index (χ4n) is 5.53. The first-order chi connectivity index (χ1) is 26.3. The maximum atomic E-state index is 12.4. The summed E-state index contributed by atoms with van der Waals surface area (Å²) < 4.78 is 26.3. The maximum Gasteiger partial charge on any atom is 0.469 e. The second-order valence-electron chi connectivity index (χ2n) is 14.0. The first kappa shape index (κ1) is 51.5. The lowest BCUT2D eigenvalue weighted by atomic mass is 10.1. The third kappa shape index (κ3) is 42.2. The molecule has 0 bridgehead atoms. The van der Waals surface area contributed by atoms with E-state index in [2.05, 4.69) is 85.2 Å². The molecule has 54 heavy (non-hydrogen) atoms. The Hall–Kier alpha value is -2.51. The quantitative estimate of drug-likeness (QED) is 0.0209. The number of unbranched alkanes of at least 4 members (excludes halogenated alkanes) is 17. The summed E-state index contributed by atoms with van der Waals surface area (Å²) in [6, 6.07) is 0. The zero-order valence-corrected chi connectivity index (χ0v) is 35.0. The largest absolute Gasteiger partial charge is 0.469 e. The zero-order chi connectivity index (χ0) is 39.6. The Morgan fingerprint density at radius 3 is 1.43 bits per heavy atom. The van der Waals surface area contributed by atoms with Gasteiger partial charge in [-0.25, -0.2) is 4.57 Å². The van der Waals surface area contributed by atoms with Gasteiger partial charge in [-0.2, -0.15) is 0 Å². The van der Waals surface area contributed by atoms with Crippen LogP contribution in [0.3, 0.4) is 0 Å². The van der Waals surface area contributed by atoms with Crippen molar-refractivity contribution in [1.82, 2.24) is 0 Å². The van der Waals surface area contributed by atoms with Gasteiger partial charge in [0.05, 0.1) is 6.61 Å². The maximum absolute atomic E-state index is 12.4. The van der Waals surface area contributed by atoms with Crippen molar-refractivity contribution in [1.29, 1.82) is 0 Å². The van der Waals surface area contributed by atoms with Gasteiger partial charge in [0, 0.05) is 12.8 Å². The molecule has 0 heterocycles. The number of esters is 2. The van der Waals surface area contributed by atoms with Crippen LogP contribution in [0.15, 0.2) is 72.9 Å². The summed E-state index contributed by atoms with van der Waals surface area (Å²) >= 11 is 0. The lowest BCUT2D eigenvalue weighted by molar-refractivity contribution is -0.161. The topological polar surface area (TPSA) is 119 Å². The number of hydrogen-bond acceptors (Lipinski definition) is 6. The van der Waals surface area contributed by atoms with E-state index in [4.69, 9.17) is 19.3 Å². The van der Waals surface area contributed by atoms with Gasteiger partial charge >= 0.3 is 19.8 Å². The fraction of sp³-hybridized carbons (Fsp3) is 0.689. The molecule has 0 saturated heterocycles. The van der Waals surface area contributed by atoms with Crippen LogP contribution < -0.4 is 0 Å². The van der Waals surface area contributed by atoms with E-state index in [1.807, 2.05) is 6.08 Å². The number of rotatable bonds is 38. The van der Waals surface area contributed by atoms with Crippen molar-refractivity contribution in [2.75, 3.05) is 13.2 Å². The van der Waals surface area contributed by atoms with Crippen LogP contribution in [0, 0.1) is 0 Å². The number of carbonyl (C=O) groups excluding carboxylic acids is 2. The Kier molecular flexibility index (Phi) is 38.3. The minimum Gasteiger partial charge on any atom is -0.462 e. The second-order valence-corrected chi connectivity index (χ2v) is 15.2. The summed E-state index contributed by atoms with van der Waals surface area (Å²) in [6.45, 7) is 3.59. The number of phosphoric ester groups is 1. The molecule has 0 unspecified atom stereocenters. The Morgan fingerprint density at radius 1 is 0.500 bits per heavy atom. The van der Waals surface area contributed by atoms with Crippen molar-refractivity contribution < 1.29 is 37.9 Å². The van der Waals surface area contributed by atoms with Crippen LogP contribution in [0.5, 0.6) is 0 Å². The molecule has 8 nitrogen and oxygen atoms in total. The standard InChI is InChI=1S/C45H77O8P/c1-3-5-7-9-11-13-15-17-19-20-21-22-23-24-26-27-29-31-33-35-37-39-44(46)51-41-43(42-52-54(48,49)50)53-45(47)40-38-36-34-32-30-28-25-18-16-14-12-10-8-6-4-2/h14,16,18-20,22-23,25-27,31,33,43H,3-13,15,17,21,24,28-30,32,34-42H2,1-2H3,(H2,48,49,50)/b16-14+,20-19+,23-22+,25-18+,27-26+,33-31+/t43-/m1/s1. The molecule has 0 aromatic rings. The summed E-state index contributed by atoms with van der Waals surface area (Å²) in [5, 5.41) is 0. The lowest BCUT2D eigenvalue weighted by Crippen LogP contribution is -2.29. The highest BCUT2D eigenvalue weighted by atomic mass is 31.2. The average molecular weight is 777 g/mol. The van der Waals surface area contributed by atoms with E-state index in [1.54, 1.807) is 0 Å². The van der Waals surface area contributed by atoms with Gasteiger partial charge in [-0.3, -0.25) is 14.1 Å². The molecule has 0 aliphatic heterocycles. The van der Waals surface area contributed by atoms with Crippen molar-refractivity contribution in [2.24, 2.45) is 0 Å². The molecule has 0 spiro atoms. The Morgan fingerprint density at radius 2 is 0.907 bits per heavy atom. The van der Waals surface area contributed by atoms with E-state index in [1.165, 1.54) is 77.0 Å². The van der Waals surface area contributed by atoms with Crippen molar-refractivity contribution in [3.05, 3.63) is 72.9 Å². The van der Waals surface area contributed by atoms with Crippen LogP contribution >= 0.6 is 7.82 Å². The van der Waals surface area contributed by atoms with Gasteiger partial charge < -0.3 is 19.3 Å². The third-order valence-electron chi connectivity index (χ3n) is 8.73. The van der Waals surface area contributed by atoms with Gasteiger partial charge in [0.15, 0.2) is 6.10 Å². The smallest absolute Gasteiger partial charge is 0.462 e. The highest BCUT2D eigenvalue weighted by molar-refractivity contribution is 7.46. The Labute approximate surface area is 329 Å². The predicted octanol–water partition coefficient (Wildman–Crippen LogP) is 13.1. The SMILES string of the molecule is CCCCCC/C=C/C=C/CCCCCCCC(=O)O[C@H](COC(=O)CCC/C=C/C/C=C/C/C=C/C/C=C/CCCCCCCCC)COP(=O)(O)O. The van der Waals surface area contributed by atoms with Crippen molar-refractivity contribution >= 4 is 19.8 Å². The molecule has 2 N–H and O–H groups in total. The van der Waals surface area contributed by atoms with Gasteiger partial charge in [0.2, 0.25) is 0 Å². The highest BCUT2D eigenvalue weighted by Gasteiger charge is 2.22. The first-order valence-corrected chi connectivity index (χ1v) is 22.8. The van der Waals surface area contributed by atoms with Crippen molar-refractivity contribution in [3.8, 4) is 0 Å². The second kappa shape index (κ2) is 40.2. The van der Waals surface area contributed by atoms with E-state index in [0.29, 0.717) is 12.8 Å². The van der Waals surface area contributed by atoms with E-state index in [0.717, 1.165) is 64.2 Å². The van der Waals surface area contributed by atoms with Crippen LogP contribution in [0.1, 0.15) is 181 Å². The molecule has 310 valence electrons. The number of allylic oxidation sites excluding steroid dienone is 12. The van der Waals surface area contributed by atoms with Gasteiger partial charge in [-0.1, -0.05) is 164 Å². The van der Waals surface area contributed by atoms with Gasteiger partial charge in [0.1, 0.15) is 6.61 Å². The zero-order valence-electron chi connectivity index (χ0n) is 34.1. The summed E-state index contributed by atoms with van der Waals surface area (Å²) in [5.74, 6) is -0.972. The summed E-state index contributed by atoms with van der Waals surface area (Å²) in [5.41, 5.74) is 0. The lowest BCUT2D eigenvalue weighted by Gasteiger charge is -2.18. The van der Waals surface area contributed by atoms with Crippen LogP contribution in [0.4, 0.5) is 0 Å². The van der Waals surface area contributed by atoms with Crippen LogP contribution in [-0.2, 0) is 28.2 Å². The molecule has 0 aromatic carbocycles. The molecule has 0 aliphatic carbocycles. The number of hydrogen-bond donors (Lipinski definition) is 2. The highest BCUT2D eigenvalue weighted by Crippen LogP contribution is 2.36. The predicted molar refractivity (Wildman–Crippen MR) is 225 cm³/mol. The third-order valence-corrected chi connectivity index (χ3v) is 9.21. The van der Waals surface area contributed by atoms with Crippen molar-refractivity contribution in [3.63, 3.8) is 0 Å². The van der Waals surface area contributed by atoms with Gasteiger partial charge in [-0.15, -0.1) is 0 Å². The van der Waals surface area contributed by atoms with Crippen LogP contribution in [0.2, 0.25) is 0 Å². The van der Waals surface area contributed by atoms with E-state index in [-0.39, 0.29) is 19.4 Å². The van der Waals surface area contributed by atoms with E-state index in [9.17, 15) is 14.2 Å². The molecule has 0 fully saturated rings. The Bertz CT molecular complexity index is 1100. The molecule has 1 atom stereocenters. The van der Waals surface area contributed by atoms with Crippen LogP contribution in [0.25, 0.3) is 0 Å². The molecule has 0 saturated carbocycles. The van der Waals surface area contributed by atoms with Gasteiger partial charge in [-0.05, 0) is 77.0 Å². The van der Waals surface area contributed by atoms with E-state index < -0.39 is 32.5 Å². The number of carbonyl (C=O) groups is 2. The normalized spacial score (nSPS) is 13.2. The molecule has 9 heteroatoms. The molecule has 0 aliphatic rings. The molecule has 0 aromatic heterocycles. The first-order valence-electron chi connectivity index (χ1n) is 21.2. The number of phosphoric acid groups is 1. The summed E-state index contributed by atoms with van der Waals surface area (Å²) in [6.07, 6.45) is 52.0. The summed E-state index contributed by atoms with van der Waals surface area (Å²) in [4.78, 5) is 42.8. The van der Waals surface area contributed by atoms with Gasteiger partial charge in [0.25, 0.3) is 0 Å². The average Bonchev–Trinajstić information content (AvgIpc) is 3.14. The molecule has 0 rings (SSSR count). The van der Waals surface area contributed by atoms with Crippen molar-refractivity contribution in [2.45, 2.75) is 187 Å². The molecular weight excluding hydrogens is 699 g/mol. The summed E-state index contributed by atoms with van der Waals surface area (Å²) in [7, 11) is -4.77. The molecular formula is C45H77O8P. The van der Waals surface area contributed by atoms with E-state index >= 15 is 0 Å². The fourth-order valence-corrected chi connectivity index (χ4v) is 5.89. The monoisotopic (exact) mass is 777 g/mol. The Balaban J connectivity index is 4.05.